The van der Waals surface area contributed by atoms with Crippen molar-refractivity contribution in [3.63, 3.8) is 0 Å². The fourth-order valence-electron chi connectivity index (χ4n) is 4.83. The summed E-state index contributed by atoms with van der Waals surface area (Å²) in [5.74, 6) is 0.708. The monoisotopic (exact) mass is 467 g/mol. The van der Waals surface area contributed by atoms with Crippen LogP contribution in [0.1, 0.15) is 56.9 Å². The maximum absolute atomic E-state index is 13.8. The van der Waals surface area contributed by atoms with E-state index in [1.165, 1.54) is 5.56 Å². The van der Waals surface area contributed by atoms with Crippen LogP contribution in [0, 0.1) is 13.8 Å². The van der Waals surface area contributed by atoms with Crippen LogP contribution in [0.15, 0.2) is 69.9 Å². The quantitative estimate of drug-likeness (QED) is 0.361. The van der Waals surface area contributed by atoms with E-state index in [9.17, 15) is 9.59 Å². The third kappa shape index (κ3) is 4.01. The number of methoxy groups -OCH3 is 1. The molecule has 178 valence electrons. The maximum atomic E-state index is 13.8. The molecule has 0 saturated carbocycles. The van der Waals surface area contributed by atoms with Gasteiger partial charge in [-0.1, -0.05) is 43.3 Å². The highest BCUT2D eigenvalue weighted by Crippen LogP contribution is 2.38. The summed E-state index contributed by atoms with van der Waals surface area (Å²) in [5, 5.41) is 0.520. The second-order valence-electron chi connectivity index (χ2n) is 9.20. The maximum Gasteiger partial charge on any atom is 0.290 e. The summed E-state index contributed by atoms with van der Waals surface area (Å²) in [6, 6.07) is 19.3. The van der Waals surface area contributed by atoms with Gasteiger partial charge in [-0.15, -0.1) is 0 Å². The van der Waals surface area contributed by atoms with Crippen LogP contribution in [0.5, 0.6) is 5.75 Å². The van der Waals surface area contributed by atoms with Crippen LogP contribution in [-0.4, -0.2) is 24.5 Å². The van der Waals surface area contributed by atoms with E-state index in [4.69, 9.17) is 9.15 Å². The highest BCUT2D eigenvalue weighted by Gasteiger charge is 2.42. The molecule has 1 amide bonds. The molecule has 0 spiro atoms. The number of benzene rings is 3. The van der Waals surface area contributed by atoms with Crippen LogP contribution in [-0.2, 0) is 12.8 Å². The van der Waals surface area contributed by atoms with Gasteiger partial charge in [-0.2, -0.15) is 0 Å². The lowest BCUT2D eigenvalue weighted by molar-refractivity contribution is 0.0730. The average molecular weight is 468 g/mol. The highest BCUT2D eigenvalue weighted by atomic mass is 16.5. The van der Waals surface area contributed by atoms with Gasteiger partial charge in [-0.25, -0.2) is 0 Å². The number of hydrogen-bond donors (Lipinski definition) is 0. The first kappa shape index (κ1) is 22.9. The van der Waals surface area contributed by atoms with Gasteiger partial charge in [0.2, 0.25) is 5.76 Å². The van der Waals surface area contributed by atoms with Gasteiger partial charge in [-0.3, -0.25) is 9.59 Å². The first-order valence-corrected chi connectivity index (χ1v) is 12.0. The Bertz CT molecular complexity index is 1470. The van der Waals surface area contributed by atoms with Gasteiger partial charge >= 0.3 is 0 Å². The van der Waals surface area contributed by atoms with Crippen molar-refractivity contribution in [2.45, 2.75) is 39.7 Å². The number of fused-ring (bicyclic) bond motifs is 2. The lowest BCUT2D eigenvalue weighted by Gasteiger charge is -2.25. The number of hydrogen-bond acceptors (Lipinski definition) is 4. The van der Waals surface area contributed by atoms with Crippen molar-refractivity contribution < 1.29 is 13.9 Å². The summed E-state index contributed by atoms with van der Waals surface area (Å²) in [5.41, 5.74) is 6.02. The standard InChI is InChI=1S/C30H29NO4/c1-5-20-6-10-22(11-7-20)27-26-28(32)24-16-18(2)19(3)17-25(24)35-29(26)30(33)31(27)15-14-21-8-12-23(34-4)13-9-21/h6-13,16-17,27H,5,14-15H2,1-4H3. The fourth-order valence-corrected chi connectivity index (χ4v) is 4.83. The van der Waals surface area contributed by atoms with Crippen LogP contribution < -0.4 is 10.2 Å². The Hall–Kier alpha value is -3.86. The van der Waals surface area contributed by atoms with Crippen LogP contribution in [0.4, 0.5) is 0 Å². The molecule has 0 aliphatic carbocycles. The molecular formula is C30H29NO4. The van der Waals surface area contributed by atoms with E-state index >= 15 is 0 Å². The van der Waals surface area contributed by atoms with E-state index in [1.54, 1.807) is 12.0 Å². The second-order valence-corrected chi connectivity index (χ2v) is 9.20. The first-order chi connectivity index (χ1) is 16.9. The van der Waals surface area contributed by atoms with E-state index in [0.29, 0.717) is 29.5 Å². The van der Waals surface area contributed by atoms with Crippen LogP contribution in [0.25, 0.3) is 11.0 Å². The van der Waals surface area contributed by atoms with Gasteiger partial charge < -0.3 is 14.1 Å². The van der Waals surface area contributed by atoms with Crippen molar-refractivity contribution >= 4 is 16.9 Å². The molecule has 0 radical (unpaired) electrons. The number of aryl methyl sites for hydroxylation is 3. The molecule has 1 aromatic heterocycles. The minimum absolute atomic E-state index is 0.130. The molecule has 3 aromatic carbocycles. The van der Waals surface area contributed by atoms with E-state index < -0.39 is 6.04 Å². The molecule has 0 bridgehead atoms. The van der Waals surface area contributed by atoms with Crippen molar-refractivity contribution in [1.29, 1.82) is 0 Å². The first-order valence-electron chi connectivity index (χ1n) is 12.0. The summed E-state index contributed by atoms with van der Waals surface area (Å²) < 4.78 is 11.4. The summed E-state index contributed by atoms with van der Waals surface area (Å²) in [4.78, 5) is 29.2. The molecule has 5 rings (SSSR count). The number of nitrogens with zero attached hydrogens (tertiary/aromatic N) is 1. The van der Waals surface area contributed by atoms with Crippen molar-refractivity contribution in [2.24, 2.45) is 0 Å². The largest absolute Gasteiger partial charge is 0.497 e. The summed E-state index contributed by atoms with van der Waals surface area (Å²) in [6.07, 6.45) is 1.58. The number of rotatable bonds is 6. The van der Waals surface area contributed by atoms with Gasteiger partial charge in [0.05, 0.1) is 24.1 Å². The van der Waals surface area contributed by atoms with Gasteiger partial charge in [0, 0.05) is 6.54 Å². The lowest BCUT2D eigenvalue weighted by Crippen LogP contribution is -2.31. The SMILES string of the molecule is CCc1ccc(C2c3c(oc4cc(C)c(C)cc4c3=O)C(=O)N2CCc2ccc(OC)cc2)cc1. The third-order valence-electron chi connectivity index (χ3n) is 7.09. The van der Waals surface area contributed by atoms with Crippen LogP contribution in [0.3, 0.4) is 0 Å². The molecule has 0 fully saturated rings. The Kier molecular flexibility index (Phi) is 5.93. The predicted octanol–water partition coefficient (Wildman–Crippen LogP) is 5.77. The van der Waals surface area contributed by atoms with E-state index in [2.05, 4.69) is 19.1 Å². The zero-order valence-corrected chi connectivity index (χ0v) is 20.6. The molecular weight excluding hydrogens is 438 g/mol. The normalized spacial score (nSPS) is 15.0. The Morgan fingerprint density at radius 3 is 2.23 bits per heavy atom. The molecule has 5 heteroatoms. The van der Waals surface area contributed by atoms with Gasteiger partial charge in [0.15, 0.2) is 5.43 Å². The molecule has 35 heavy (non-hydrogen) atoms. The van der Waals surface area contributed by atoms with Crippen molar-refractivity contribution in [3.8, 4) is 5.75 Å². The molecule has 2 heterocycles. The van der Waals surface area contributed by atoms with Gasteiger partial charge in [0.25, 0.3) is 5.91 Å². The second kappa shape index (κ2) is 9.06. The molecule has 1 atom stereocenters. The zero-order chi connectivity index (χ0) is 24.7. The fraction of sp³-hybridized carbons (Fsp3) is 0.267. The zero-order valence-electron chi connectivity index (χ0n) is 20.6. The Morgan fingerprint density at radius 1 is 0.914 bits per heavy atom. The number of amides is 1. The summed E-state index contributed by atoms with van der Waals surface area (Å²) >= 11 is 0. The Labute approximate surface area is 205 Å². The van der Waals surface area contributed by atoms with Crippen molar-refractivity contribution in [1.82, 2.24) is 4.90 Å². The minimum atomic E-state index is -0.482. The van der Waals surface area contributed by atoms with E-state index in [0.717, 1.165) is 34.4 Å². The Balaban J connectivity index is 1.61. The number of carbonyl (C=O) groups excluding carboxylic acids is 1. The molecule has 4 aromatic rings. The number of carbonyl (C=O) groups is 1. The van der Waals surface area contributed by atoms with Crippen molar-refractivity contribution in [3.05, 3.63) is 110 Å². The van der Waals surface area contributed by atoms with E-state index in [-0.39, 0.29) is 17.1 Å². The molecule has 0 N–H and O–H groups in total. The van der Waals surface area contributed by atoms with Gasteiger partial charge in [0.1, 0.15) is 11.3 Å². The van der Waals surface area contributed by atoms with E-state index in [1.807, 2.05) is 62.4 Å². The predicted molar refractivity (Wildman–Crippen MR) is 137 cm³/mol. The molecule has 1 aliphatic heterocycles. The topological polar surface area (TPSA) is 59.8 Å². The lowest BCUT2D eigenvalue weighted by atomic mass is 9.96. The Morgan fingerprint density at radius 2 is 1.57 bits per heavy atom. The van der Waals surface area contributed by atoms with Gasteiger partial charge in [-0.05, 0) is 78.8 Å². The number of ether oxygens (including phenoxy) is 1. The molecule has 0 saturated heterocycles. The third-order valence-corrected chi connectivity index (χ3v) is 7.09. The molecule has 1 unspecified atom stereocenters. The molecule has 1 aliphatic rings. The smallest absolute Gasteiger partial charge is 0.290 e. The average Bonchev–Trinajstić information content (AvgIpc) is 3.16. The highest BCUT2D eigenvalue weighted by molar-refractivity contribution is 5.99. The summed E-state index contributed by atoms with van der Waals surface area (Å²) in [7, 11) is 1.64. The van der Waals surface area contributed by atoms with Crippen molar-refractivity contribution in [2.75, 3.05) is 13.7 Å². The van der Waals surface area contributed by atoms with Crippen LogP contribution >= 0.6 is 0 Å². The minimum Gasteiger partial charge on any atom is -0.497 e. The summed E-state index contributed by atoms with van der Waals surface area (Å²) in [6.45, 7) is 6.52. The molecule has 5 nitrogen and oxygen atoms in total. The van der Waals surface area contributed by atoms with Crippen LogP contribution in [0.2, 0.25) is 0 Å².